The molecule has 0 bridgehead atoms. The van der Waals surface area contributed by atoms with Crippen LogP contribution in [-0.2, 0) is 4.79 Å². The molecule has 0 unspecified atom stereocenters. The summed E-state index contributed by atoms with van der Waals surface area (Å²) >= 11 is 1.28. The maximum atomic E-state index is 13.3. The van der Waals surface area contributed by atoms with Crippen LogP contribution in [0.25, 0.3) is 10.3 Å². The quantitative estimate of drug-likeness (QED) is 0.716. The molecule has 3 heterocycles. The summed E-state index contributed by atoms with van der Waals surface area (Å²) in [5.74, 6) is -2.40. The highest BCUT2D eigenvalue weighted by Gasteiger charge is 2.27. The molecule has 0 radical (unpaired) electrons. The third-order valence-corrected chi connectivity index (χ3v) is 5.61. The van der Waals surface area contributed by atoms with Crippen LogP contribution < -0.4 is 15.8 Å². The van der Waals surface area contributed by atoms with Crippen LogP contribution in [0.3, 0.4) is 0 Å². The molecule has 2 N–H and O–H groups in total. The zero-order valence-electron chi connectivity index (χ0n) is 14.0. The van der Waals surface area contributed by atoms with E-state index in [-0.39, 0.29) is 23.1 Å². The fourth-order valence-corrected chi connectivity index (χ4v) is 4.01. The summed E-state index contributed by atoms with van der Waals surface area (Å²) in [5.41, 5.74) is 0.430. The third-order valence-electron chi connectivity index (χ3n) is 4.51. The number of H-pyrrole nitrogens is 1. The Labute approximate surface area is 156 Å². The number of nitrogens with zero attached hydrogens (tertiary/aromatic N) is 3. The van der Waals surface area contributed by atoms with Crippen molar-refractivity contribution >= 4 is 38.4 Å². The highest BCUT2D eigenvalue weighted by atomic mass is 32.1. The lowest BCUT2D eigenvalue weighted by Gasteiger charge is -2.30. The molecule has 10 heteroatoms. The van der Waals surface area contributed by atoms with Gasteiger partial charge < -0.3 is 15.2 Å². The van der Waals surface area contributed by atoms with Gasteiger partial charge in [0, 0.05) is 30.8 Å². The monoisotopic (exact) mass is 391 g/mol. The maximum absolute atomic E-state index is 13.3. The Hall–Kier alpha value is -2.88. The van der Waals surface area contributed by atoms with E-state index in [0.29, 0.717) is 41.4 Å². The van der Waals surface area contributed by atoms with Crippen molar-refractivity contribution in [1.82, 2.24) is 15.0 Å². The highest BCUT2D eigenvalue weighted by molar-refractivity contribution is 7.22. The maximum Gasteiger partial charge on any atom is 0.270 e. The van der Waals surface area contributed by atoms with Crippen molar-refractivity contribution in [3.05, 3.63) is 46.5 Å². The normalized spacial score (nSPS) is 15.3. The summed E-state index contributed by atoms with van der Waals surface area (Å²) in [6.07, 6.45) is 2.51. The van der Waals surface area contributed by atoms with Gasteiger partial charge in [-0.05, 0) is 25.0 Å². The van der Waals surface area contributed by atoms with E-state index in [0.717, 1.165) is 12.1 Å². The van der Waals surface area contributed by atoms with E-state index in [2.05, 4.69) is 20.3 Å². The van der Waals surface area contributed by atoms with Gasteiger partial charge in [-0.2, -0.15) is 4.98 Å². The number of nitrogens with one attached hydrogen (secondary N) is 2. The fourth-order valence-electron chi connectivity index (χ4n) is 3.04. The number of benzene rings is 1. The number of hydrogen-bond acceptors (Lipinski definition) is 6. The first-order valence-corrected chi connectivity index (χ1v) is 9.18. The molecule has 1 fully saturated rings. The Morgan fingerprint density at radius 2 is 2.04 bits per heavy atom. The number of hydrogen-bond donors (Lipinski definition) is 2. The molecule has 0 spiro atoms. The van der Waals surface area contributed by atoms with E-state index in [9.17, 15) is 18.4 Å². The molecule has 2 aromatic heterocycles. The van der Waals surface area contributed by atoms with Crippen molar-refractivity contribution in [2.75, 3.05) is 23.3 Å². The Balaban J connectivity index is 1.40. The fraction of sp³-hybridized carbons (Fsp3) is 0.294. The van der Waals surface area contributed by atoms with Crippen LogP contribution in [0.2, 0.25) is 0 Å². The molecular formula is C17H15F2N5O2S. The molecular weight excluding hydrogens is 376 g/mol. The average Bonchev–Trinajstić information content (AvgIpc) is 3.11. The first-order chi connectivity index (χ1) is 13.0. The predicted octanol–water partition coefficient (Wildman–Crippen LogP) is 2.51. The number of carbonyl (C=O) groups is 1. The summed E-state index contributed by atoms with van der Waals surface area (Å²) in [7, 11) is 0. The number of piperidine rings is 1. The number of halogens is 2. The van der Waals surface area contributed by atoms with Crippen molar-refractivity contribution in [1.29, 1.82) is 0 Å². The van der Waals surface area contributed by atoms with Crippen LogP contribution in [0, 0.1) is 17.6 Å². The largest absolute Gasteiger partial charge is 0.348 e. The first-order valence-electron chi connectivity index (χ1n) is 8.36. The average molecular weight is 391 g/mol. The molecule has 4 rings (SSSR count). The van der Waals surface area contributed by atoms with Gasteiger partial charge in [0.1, 0.15) is 4.70 Å². The lowest BCUT2D eigenvalue weighted by Crippen LogP contribution is -2.38. The van der Waals surface area contributed by atoms with Gasteiger partial charge in [-0.15, -0.1) is 0 Å². The number of thiazole rings is 1. The van der Waals surface area contributed by atoms with Gasteiger partial charge in [0.15, 0.2) is 22.4 Å². The molecule has 7 nitrogen and oxygen atoms in total. The zero-order chi connectivity index (χ0) is 19.0. The van der Waals surface area contributed by atoms with Crippen LogP contribution in [0.1, 0.15) is 12.8 Å². The summed E-state index contributed by atoms with van der Waals surface area (Å²) in [6, 6.07) is 3.28. The third kappa shape index (κ3) is 3.52. The molecule has 0 saturated carbocycles. The molecule has 0 aliphatic carbocycles. The molecule has 1 saturated heterocycles. The minimum atomic E-state index is -0.998. The molecule has 27 heavy (non-hydrogen) atoms. The van der Waals surface area contributed by atoms with E-state index in [1.807, 2.05) is 4.90 Å². The second kappa shape index (κ2) is 7.03. The number of aromatic nitrogens is 3. The van der Waals surface area contributed by atoms with Crippen LogP contribution >= 0.6 is 11.3 Å². The number of anilines is 2. The summed E-state index contributed by atoms with van der Waals surface area (Å²) in [4.78, 5) is 37.2. The second-order valence-corrected chi connectivity index (χ2v) is 7.24. The summed E-state index contributed by atoms with van der Waals surface area (Å²) in [5, 5.41) is 3.33. The Morgan fingerprint density at radius 3 is 2.74 bits per heavy atom. The summed E-state index contributed by atoms with van der Waals surface area (Å²) in [6.45, 7) is 1.21. The minimum absolute atomic E-state index is 0.218. The van der Waals surface area contributed by atoms with E-state index < -0.39 is 11.6 Å². The standard InChI is InChI=1S/C17H15F2N5O2S/c18-11-2-1-10(7-12(11)19)22-15(25)9-3-5-24(6-4-9)17-23-14-13(27-17)16(26)21-8-20-14/h1-2,7-9H,3-6H2,(H,22,25)(H,20,21,26). The van der Waals surface area contributed by atoms with Crippen molar-refractivity contribution in [2.45, 2.75) is 12.8 Å². The van der Waals surface area contributed by atoms with E-state index in [4.69, 9.17) is 0 Å². The van der Waals surface area contributed by atoms with Crippen LogP contribution in [0.4, 0.5) is 19.6 Å². The van der Waals surface area contributed by atoms with Crippen molar-refractivity contribution in [3.8, 4) is 0 Å². The number of aromatic amines is 1. The SMILES string of the molecule is O=C(Nc1ccc(F)c(F)c1)C1CCN(c2nc3nc[nH]c(=O)c3s2)CC1. The number of carbonyl (C=O) groups excluding carboxylic acids is 1. The van der Waals surface area contributed by atoms with Crippen molar-refractivity contribution in [3.63, 3.8) is 0 Å². The molecule has 1 aliphatic heterocycles. The van der Waals surface area contributed by atoms with Crippen LogP contribution in [0.5, 0.6) is 0 Å². The van der Waals surface area contributed by atoms with Crippen molar-refractivity contribution in [2.24, 2.45) is 5.92 Å². The lowest BCUT2D eigenvalue weighted by atomic mass is 9.96. The Bertz CT molecular complexity index is 1060. The van der Waals surface area contributed by atoms with Gasteiger partial charge >= 0.3 is 0 Å². The van der Waals surface area contributed by atoms with Gasteiger partial charge in [0.25, 0.3) is 5.56 Å². The molecule has 140 valence electrons. The van der Waals surface area contributed by atoms with Gasteiger partial charge in [-0.25, -0.2) is 13.8 Å². The lowest BCUT2D eigenvalue weighted by molar-refractivity contribution is -0.120. The number of rotatable bonds is 3. The Kier molecular flexibility index (Phi) is 4.56. The number of fused-ring (bicyclic) bond motifs is 1. The predicted molar refractivity (Wildman–Crippen MR) is 98.0 cm³/mol. The van der Waals surface area contributed by atoms with Gasteiger partial charge in [0.05, 0.1) is 6.33 Å². The second-order valence-electron chi connectivity index (χ2n) is 6.26. The number of amides is 1. The highest BCUT2D eigenvalue weighted by Crippen LogP contribution is 2.29. The molecule has 3 aromatic rings. The topological polar surface area (TPSA) is 91.0 Å². The summed E-state index contributed by atoms with van der Waals surface area (Å²) < 4.78 is 26.7. The smallest absolute Gasteiger partial charge is 0.270 e. The molecule has 0 atom stereocenters. The van der Waals surface area contributed by atoms with E-state index in [1.165, 1.54) is 23.7 Å². The van der Waals surface area contributed by atoms with Crippen LogP contribution in [-0.4, -0.2) is 33.9 Å². The van der Waals surface area contributed by atoms with Gasteiger partial charge in [-0.1, -0.05) is 11.3 Å². The van der Waals surface area contributed by atoms with Gasteiger partial charge in [-0.3, -0.25) is 9.59 Å². The minimum Gasteiger partial charge on any atom is -0.348 e. The molecule has 1 aromatic carbocycles. The molecule has 1 amide bonds. The van der Waals surface area contributed by atoms with Crippen LogP contribution in [0.15, 0.2) is 29.3 Å². The zero-order valence-corrected chi connectivity index (χ0v) is 14.9. The van der Waals surface area contributed by atoms with Gasteiger partial charge in [0.2, 0.25) is 5.91 Å². The molecule has 1 aliphatic rings. The Morgan fingerprint density at radius 1 is 1.26 bits per heavy atom. The van der Waals surface area contributed by atoms with Crippen molar-refractivity contribution < 1.29 is 13.6 Å². The van der Waals surface area contributed by atoms with E-state index >= 15 is 0 Å². The first kappa shape index (κ1) is 17.5. The van der Waals surface area contributed by atoms with E-state index in [1.54, 1.807) is 0 Å².